The number of Topliss-reactive ketones (excluding diaryl/α,β-unsaturated/α-hetero) is 1. The summed E-state index contributed by atoms with van der Waals surface area (Å²) in [6.07, 6.45) is -3.85. The third-order valence-electron chi connectivity index (χ3n) is 5.64. The standard InChI is InChI=1S/C19H22F3N5O4/c1-11-9-30-6-5-25(11)16-7-17(29)26-4-3-15(19(20,21)22)27(18(26)23-16)8-14(28)13-10-31-24-12(13)2/h7,10-11,15H,3-6,8-9H2,1-2H3/t11-,15+/m1/s1. The second-order valence-corrected chi connectivity index (χ2v) is 7.73. The molecule has 2 aliphatic rings. The normalized spacial score (nSPS) is 21.8. The molecule has 0 radical (unpaired) electrons. The van der Waals surface area contributed by atoms with Gasteiger partial charge >= 0.3 is 6.18 Å². The van der Waals surface area contributed by atoms with E-state index in [1.807, 2.05) is 11.8 Å². The molecule has 12 heteroatoms. The number of hydrogen-bond donors (Lipinski definition) is 0. The Labute approximate surface area is 175 Å². The molecular formula is C19H22F3N5O4. The highest BCUT2D eigenvalue weighted by Crippen LogP contribution is 2.34. The van der Waals surface area contributed by atoms with E-state index in [2.05, 4.69) is 10.1 Å². The number of halogens is 3. The first-order valence-electron chi connectivity index (χ1n) is 9.90. The van der Waals surface area contributed by atoms with Gasteiger partial charge in [-0.1, -0.05) is 5.16 Å². The molecule has 168 valence electrons. The quantitative estimate of drug-likeness (QED) is 0.663. The summed E-state index contributed by atoms with van der Waals surface area (Å²) in [5.74, 6) is -0.494. The number of carbonyl (C=O) groups excluding carboxylic acids is 1. The molecule has 2 aliphatic heterocycles. The van der Waals surface area contributed by atoms with Gasteiger partial charge < -0.3 is 19.1 Å². The van der Waals surface area contributed by atoms with Crippen LogP contribution in [0.4, 0.5) is 24.9 Å². The Hall–Kier alpha value is -2.89. The summed E-state index contributed by atoms with van der Waals surface area (Å²) in [4.78, 5) is 32.6. The van der Waals surface area contributed by atoms with E-state index in [1.165, 1.54) is 17.6 Å². The summed E-state index contributed by atoms with van der Waals surface area (Å²) < 4.78 is 52.9. The molecule has 1 saturated heterocycles. The summed E-state index contributed by atoms with van der Waals surface area (Å²) in [7, 11) is 0. The number of aromatic nitrogens is 3. The number of morpholine rings is 1. The van der Waals surface area contributed by atoms with Crippen molar-refractivity contribution in [3.8, 4) is 0 Å². The highest BCUT2D eigenvalue weighted by molar-refractivity contribution is 5.99. The molecule has 0 bridgehead atoms. The molecule has 0 spiro atoms. The Balaban J connectivity index is 1.77. The predicted octanol–water partition coefficient (Wildman–Crippen LogP) is 1.79. The van der Waals surface area contributed by atoms with E-state index in [-0.39, 0.29) is 42.0 Å². The lowest BCUT2D eigenvalue weighted by atomic mass is 10.1. The molecule has 0 saturated carbocycles. The Morgan fingerprint density at radius 2 is 2.10 bits per heavy atom. The van der Waals surface area contributed by atoms with Crippen molar-refractivity contribution in [3.63, 3.8) is 0 Å². The first-order valence-corrected chi connectivity index (χ1v) is 9.90. The number of carbonyl (C=O) groups is 1. The van der Waals surface area contributed by atoms with Gasteiger partial charge in [0.05, 0.1) is 37.1 Å². The number of ketones is 1. The first-order chi connectivity index (χ1) is 14.7. The second kappa shape index (κ2) is 7.98. The number of hydrogen-bond acceptors (Lipinski definition) is 8. The second-order valence-electron chi connectivity index (χ2n) is 7.73. The summed E-state index contributed by atoms with van der Waals surface area (Å²) in [5.41, 5.74) is -0.0805. The van der Waals surface area contributed by atoms with E-state index < -0.39 is 30.1 Å². The molecule has 0 aliphatic carbocycles. The fourth-order valence-electron chi connectivity index (χ4n) is 3.99. The van der Waals surface area contributed by atoms with Gasteiger partial charge in [0.25, 0.3) is 5.56 Å². The maximum atomic E-state index is 13.8. The molecule has 4 heterocycles. The lowest BCUT2D eigenvalue weighted by Gasteiger charge is -2.40. The fraction of sp³-hybridized carbons (Fsp3) is 0.579. The maximum Gasteiger partial charge on any atom is 0.408 e. The van der Waals surface area contributed by atoms with Gasteiger partial charge in [-0.05, 0) is 20.3 Å². The van der Waals surface area contributed by atoms with Crippen molar-refractivity contribution < 1.29 is 27.2 Å². The van der Waals surface area contributed by atoms with Crippen LogP contribution in [0, 0.1) is 6.92 Å². The van der Waals surface area contributed by atoms with Gasteiger partial charge in [-0.25, -0.2) is 0 Å². The van der Waals surface area contributed by atoms with Gasteiger partial charge in [0.15, 0.2) is 5.78 Å². The zero-order valence-corrected chi connectivity index (χ0v) is 17.1. The molecule has 0 N–H and O–H groups in total. The van der Waals surface area contributed by atoms with Crippen LogP contribution in [0.2, 0.25) is 0 Å². The lowest BCUT2D eigenvalue weighted by Crippen LogP contribution is -2.54. The van der Waals surface area contributed by atoms with Gasteiger partial charge in [0.1, 0.15) is 18.1 Å². The number of nitrogens with zero attached hydrogens (tertiary/aromatic N) is 5. The molecule has 2 atom stereocenters. The highest BCUT2D eigenvalue weighted by Gasteiger charge is 2.47. The lowest BCUT2D eigenvalue weighted by molar-refractivity contribution is -0.152. The van der Waals surface area contributed by atoms with Crippen molar-refractivity contribution in [3.05, 3.63) is 33.9 Å². The number of alkyl halides is 3. The molecular weight excluding hydrogens is 419 g/mol. The van der Waals surface area contributed by atoms with E-state index in [0.717, 1.165) is 11.2 Å². The molecule has 2 aromatic rings. The topological polar surface area (TPSA) is 93.7 Å². The van der Waals surface area contributed by atoms with Crippen LogP contribution in [0.3, 0.4) is 0 Å². The van der Waals surface area contributed by atoms with Crippen LogP contribution in [-0.4, -0.2) is 65.1 Å². The summed E-state index contributed by atoms with van der Waals surface area (Å²) in [6.45, 7) is 3.96. The molecule has 31 heavy (non-hydrogen) atoms. The third-order valence-corrected chi connectivity index (χ3v) is 5.64. The summed E-state index contributed by atoms with van der Waals surface area (Å²) in [5, 5.41) is 3.61. The van der Waals surface area contributed by atoms with Gasteiger partial charge in [0, 0.05) is 19.2 Å². The monoisotopic (exact) mass is 441 g/mol. The zero-order valence-electron chi connectivity index (χ0n) is 17.1. The molecule has 4 rings (SSSR count). The largest absolute Gasteiger partial charge is 0.408 e. The maximum absolute atomic E-state index is 13.8. The van der Waals surface area contributed by atoms with Crippen LogP contribution in [0.25, 0.3) is 0 Å². The minimum atomic E-state index is -4.60. The minimum absolute atomic E-state index is 0.0957. The van der Waals surface area contributed by atoms with E-state index in [1.54, 1.807) is 0 Å². The van der Waals surface area contributed by atoms with Crippen LogP contribution < -0.4 is 15.4 Å². The molecule has 9 nitrogen and oxygen atoms in total. The number of fused-ring (bicyclic) bond motifs is 1. The van der Waals surface area contributed by atoms with Gasteiger partial charge in [-0.2, -0.15) is 18.2 Å². The van der Waals surface area contributed by atoms with Crippen LogP contribution in [0.15, 0.2) is 21.6 Å². The fourth-order valence-corrected chi connectivity index (χ4v) is 3.99. The van der Waals surface area contributed by atoms with Crippen molar-refractivity contribution in [2.45, 2.75) is 45.1 Å². The average molecular weight is 441 g/mol. The SMILES string of the molecule is Cc1nocc1C(=O)CN1c2nc(N3CCOC[C@H]3C)cc(=O)n2CC[C@H]1C(F)(F)F. The van der Waals surface area contributed by atoms with Crippen LogP contribution >= 0.6 is 0 Å². The third kappa shape index (κ3) is 4.03. The Morgan fingerprint density at radius 1 is 1.32 bits per heavy atom. The molecule has 0 aromatic carbocycles. The van der Waals surface area contributed by atoms with Crippen LogP contribution in [0.5, 0.6) is 0 Å². The van der Waals surface area contributed by atoms with E-state index >= 15 is 0 Å². The average Bonchev–Trinajstić information content (AvgIpc) is 3.14. The van der Waals surface area contributed by atoms with Gasteiger partial charge in [-0.3, -0.25) is 14.2 Å². The Morgan fingerprint density at radius 3 is 2.74 bits per heavy atom. The summed E-state index contributed by atoms with van der Waals surface area (Å²) in [6, 6.07) is -0.718. The molecule has 2 aromatic heterocycles. The molecule has 0 amide bonds. The van der Waals surface area contributed by atoms with Gasteiger partial charge in [0.2, 0.25) is 5.95 Å². The van der Waals surface area contributed by atoms with Crippen molar-refractivity contribution in [2.24, 2.45) is 0 Å². The van der Waals surface area contributed by atoms with Crippen LogP contribution in [0.1, 0.15) is 29.4 Å². The Bertz CT molecular complexity index is 1030. The van der Waals surface area contributed by atoms with Crippen molar-refractivity contribution >= 4 is 17.5 Å². The van der Waals surface area contributed by atoms with Crippen molar-refractivity contribution in [2.75, 3.05) is 36.1 Å². The Kier molecular flexibility index (Phi) is 5.50. The smallest absolute Gasteiger partial charge is 0.377 e. The van der Waals surface area contributed by atoms with Crippen LogP contribution in [-0.2, 0) is 11.3 Å². The van der Waals surface area contributed by atoms with E-state index in [9.17, 15) is 22.8 Å². The van der Waals surface area contributed by atoms with E-state index in [4.69, 9.17) is 9.26 Å². The number of ether oxygens (including phenoxy) is 1. The van der Waals surface area contributed by atoms with Crippen molar-refractivity contribution in [1.82, 2.24) is 14.7 Å². The highest BCUT2D eigenvalue weighted by atomic mass is 19.4. The first kappa shape index (κ1) is 21.3. The number of anilines is 2. The minimum Gasteiger partial charge on any atom is -0.377 e. The van der Waals surface area contributed by atoms with Gasteiger partial charge in [-0.15, -0.1) is 0 Å². The predicted molar refractivity (Wildman–Crippen MR) is 104 cm³/mol. The summed E-state index contributed by atoms with van der Waals surface area (Å²) >= 11 is 0. The van der Waals surface area contributed by atoms with E-state index in [0.29, 0.717) is 19.8 Å². The molecule has 0 unspecified atom stereocenters. The molecule has 1 fully saturated rings. The zero-order chi connectivity index (χ0) is 22.3. The number of aryl methyl sites for hydroxylation is 1. The number of rotatable bonds is 4. The van der Waals surface area contributed by atoms with Crippen molar-refractivity contribution in [1.29, 1.82) is 0 Å².